The van der Waals surface area contributed by atoms with Crippen LogP contribution in [0.2, 0.25) is 0 Å². The molecule has 0 saturated heterocycles. The number of carbonyl (C=O) groups excluding carboxylic acids is 1. The summed E-state index contributed by atoms with van der Waals surface area (Å²) in [6, 6.07) is -1.00. The molecule has 4 unspecified atom stereocenters. The highest BCUT2D eigenvalue weighted by molar-refractivity contribution is 5.80. The number of rotatable bonds is 53. The molecule has 0 fully saturated rings. The standard InChI is InChI=1S/C58H113NO5/c1-3-5-7-9-11-13-15-17-19-21-23-25-26-27-28-29-30-32-34-36-38-40-42-44-46-48-50-52-56(62)58(64)59-54(53-60)57(63)55(61)51-49-47-45-43-41-39-37-35-33-31-24-22-20-18-16-14-12-10-8-6-4-2/h27-28,43,45,54-57,60-63H,3-26,29-42,44,46-53H2,1-2H3,(H,59,64)/b28-27-,45-43+. The first-order valence-corrected chi connectivity index (χ1v) is 28.7. The molecule has 0 radical (unpaired) electrons. The summed E-state index contributed by atoms with van der Waals surface area (Å²) in [7, 11) is 0. The molecular weight excluding hydrogens is 791 g/mol. The van der Waals surface area contributed by atoms with Crippen molar-refractivity contribution in [2.24, 2.45) is 0 Å². The van der Waals surface area contributed by atoms with E-state index in [1.165, 1.54) is 244 Å². The summed E-state index contributed by atoms with van der Waals surface area (Å²) in [4.78, 5) is 12.6. The first-order chi connectivity index (χ1) is 31.5. The Hall–Kier alpha value is -1.21. The Morgan fingerprint density at radius 1 is 0.375 bits per heavy atom. The highest BCUT2D eigenvalue weighted by Crippen LogP contribution is 2.17. The number of aliphatic hydroxyl groups is 4. The largest absolute Gasteiger partial charge is 0.394 e. The zero-order valence-corrected chi connectivity index (χ0v) is 43.0. The van der Waals surface area contributed by atoms with Crippen LogP contribution in [0, 0.1) is 0 Å². The van der Waals surface area contributed by atoms with E-state index in [9.17, 15) is 25.2 Å². The molecule has 0 heterocycles. The average molecular weight is 905 g/mol. The van der Waals surface area contributed by atoms with E-state index in [-0.39, 0.29) is 0 Å². The third-order valence-corrected chi connectivity index (χ3v) is 13.6. The Balaban J connectivity index is 3.64. The molecule has 0 aliphatic carbocycles. The van der Waals surface area contributed by atoms with E-state index >= 15 is 0 Å². The Kier molecular flexibility index (Phi) is 51.8. The monoisotopic (exact) mass is 904 g/mol. The third-order valence-electron chi connectivity index (χ3n) is 13.6. The normalized spacial score (nSPS) is 13.9. The van der Waals surface area contributed by atoms with Gasteiger partial charge in [-0.15, -0.1) is 0 Å². The van der Waals surface area contributed by atoms with Gasteiger partial charge in [0.15, 0.2) is 0 Å². The highest BCUT2D eigenvalue weighted by atomic mass is 16.3. The predicted molar refractivity (Wildman–Crippen MR) is 279 cm³/mol. The number of aliphatic hydroxyl groups excluding tert-OH is 4. The molecule has 0 bridgehead atoms. The molecule has 0 aromatic rings. The van der Waals surface area contributed by atoms with Gasteiger partial charge in [-0.2, -0.15) is 0 Å². The van der Waals surface area contributed by atoms with Gasteiger partial charge in [-0.3, -0.25) is 4.79 Å². The fraction of sp³-hybridized carbons (Fsp3) is 0.914. The minimum absolute atomic E-state index is 0.364. The van der Waals surface area contributed by atoms with E-state index in [1.807, 2.05) is 0 Å². The quantitative estimate of drug-likeness (QED) is 0.0308. The van der Waals surface area contributed by atoms with Crippen LogP contribution in [0.5, 0.6) is 0 Å². The van der Waals surface area contributed by atoms with Crippen LogP contribution in [0.4, 0.5) is 0 Å². The van der Waals surface area contributed by atoms with Crippen molar-refractivity contribution in [3.05, 3.63) is 24.3 Å². The van der Waals surface area contributed by atoms with Gasteiger partial charge in [0.1, 0.15) is 12.2 Å². The van der Waals surface area contributed by atoms with Gasteiger partial charge in [0, 0.05) is 0 Å². The van der Waals surface area contributed by atoms with E-state index in [2.05, 4.69) is 43.5 Å². The average Bonchev–Trinajstić information content (AvgIpc) is 3.30. The van der Waals surface area contributed by atoms with Crippen molar-refractivity contribution in [3.63, 3.8) is 0 Å². The number of allylic oxidation sites excluding steroid dienone is 4. The van der Waals surface area contributed by atoms with Crippen molar-refractivity contribution in [2.75, 3.05) is 6.61 Å². The van der Waals surface area contributed by atoms with Crippen molar-refractivity contribution in [2.45, 2.75) is 334 Å². The molecule has 64 heavy (non-hydrogen) atoms. The summed E-state index contributed by atoms with van der Waals surface area (Å²) in [5.41, 5.74) is 0. The van der Waals surface area contributed by atoms with Gasteiger partial charge in [-0.1, -0.05) is 269 Å². The lowest BCUT2D eigenvalue weighted by Gasteiger charge is -2.27. The molecule has 0 aromatic carbocycles. The van der Waals surface area contributed by atoms with E-state index in [4.69, 9.17) is 0 Å². The predicted octanol–water partition coefficient (Wildman–Crippen LogP) is 16.6. The molecule has 4 atom stereocenters. The summed E-state index contributed by atoms with van der Waals surface area (Å²) < 4.78 is 0. The van der Waals surface area contributed by atoms with Gasteiger partial charge in [-0.25, -0.2) is 0 Å². The smallest absolute Gasteiger partial charge is 0.249 e. The zero-order valence-electron chi connectivity index (χ0n) is 43.0. The third kappa shape index (κ3) is 45.9. The molecule has 5 N–H and O–H groups in total. The SMILES string of the molecule is CCCCCCCCCCCCCC/C=C\CCCCCCCCCCCCCC(O)C(=O)NC(CO)C(O)C(O)CCC/C=C/CCCCCCCCCCCCCCCCCC. The van der Waals surface area contributed by atoms with Gasteiger partial charge in [-0.05, 0) is 64.2 Å². The van der Waals surface area contributed by atoms with Gasteiger partial charge in [0.25, 0.3) is 0 Å². The molecule has 1 amide bonds. The minimum atomic E-state index is -1.28. The van der Waals surface area contributed by atoms with Crippen LogP contribution in [-0.2, 0) is 4.79 Å². The molecule has 0 aliphatic heterocycles. The fourth-order valence-electron chi connectivity index (χ4n) is 9.11. The summed E-state index contributed by atoms with van der Waals surface area (Å²) in [6.45, 7) is 4.08. The van der Waals surface area contributed by atoms with Crippen molar-refractivity contribution < 1.29 is 25.2 Å². The molecule has 380 valence electrons. The first-order valence-electron chi connectivity index (χ1n) is 28.7. The van der Waals surface area contributed by atoms with Gasteiger partial charge >= 0.3 is 0 Å². The van der Waals surface area contributed by atoms with Crippen molar-refractivity contribution in [3.8, 4) is 0 Å². The Labute approximate surface area is 399 Å². The number of hydrogen-bond donors (Lipinski definition) is 5. The van der Waals surface area contributed by atoms with E-state index in [0.717, 1.165) is 38.5 Å². The highest BCUT2D eigenvalue weighted by Gasteiger charge is 2.28. The molecule has 0 aliphatic rings. The van der Waals surface area contributed by atoms with Crippen LogP contribution >= 0.6 is 0 Å². The van der Waals surface area contributed by atoms with E-state index in [0.29, 0.717) is 12.8 Å². The van der Waals surface area contributed by atoms with Crippen molar-refractivity contribution in [1.29, 1.82) is 0 Å². The lowest BCUT2D eigenvalue weighted by Crippen LogP contribution is -2.53. The summed E-state index contributed by atoms with van der Waals surface area (Å²) in [5.74, 6) is -0.590. The number of nitrogens with one attached hydrogen (secondary N) is 1. The fourth-order valence-corrected chi connectivity index (χ4v) is 9.11. The number of amides is 1. The first kappa shape index (κ1) is 62.8. The van der Waals surface area contributed by atoms with Crippen molar-refractivity contribution in [1.82, 2.24) is 5.32 Å². The summed E-state index contributed by atoms with van der Waals surface area (Å²) in [6.07, 6.45) is 63.9. The molecule has 0 rings (SSSR count). The van der Waals surface area contributed by atoms with Gasteiger partial charge < -0.3 is 25.7 Å². The van der Waals surface area contributed by atoms with Crippen LogP contribution < -0.4 is 5.32 Å². The van der Waals surface area contributed by atoms with Crippen LogP contribution in [-0.4, -0.2) is 57.3 Å². The second-order valence-corrected chi connectivity index (χ2v) is 20.0. The van der Waals surface area contributed by atoms with Crippen LogP contribution in [0.3, 0.4) is 0 Å². The summed E-state index contributed by atoms with van der Waals surface area (Å²) in [5, 5.41) is 44.0. The maximum atomic E-state index is 12.6. The van der Waals surface area contributed by atoms with Gasteiger partial charge in [0.2, 0.25) is 5.91 Å². The second kappa shape index (κ2) is 52.8. The zero-order chi connectivity index (χ0) is 46.7. The summed E-state index contributed by atoms with van der Waals surface area (Å²) >= 11 is 0. The molecular formula is C58H113NO5. The Morgan fingerprint density at radius 2 is 0.641 bits per heavy atom. The van der Waals surface area contributed by atoms with E-state index in [1.54, 1.807) is 0 Å². The number of unbranched alkanes of at least 4 members (excludes halogenated alkanes) is 40. The molecule has 6 nitrogen and oxygen atoms in total. The molecule has 0 spiro atoms. The van der Waals surface area contributed by atoms with Gasteiger partial charge in [0.05, 0.1) is 18.8 Å². The molecule has 0 aromatic heterocycles. The maximum Gasteiger partial charge on any atom is 0.249 e. The molecule has 6 heteroatoms. The van der Waals surface area contributed by atoms with Crippen LogP contribution in [0.1, 0.15) is 309 Å². The number of carbonyl (C=O) groups is 1. The minimum Gasteiger partial charge on any atom is -0.394 e. The lowest BCUT2D eigenvalue weighted by atomic mass is 10.00. The Bertz CT molecular complexity index is 970. The van der Waals surface area contributed by atoms with Crippen LogP contribution in [0.15, 0.2) is 24.3 Å². The van der Waals surface area contributed by atoms with E-state index < -0.39 is 36.9 Å². The topological polar surface area (TPSA) is 110 Å². The maximum absolute atomic E-state index is 12.6. The van der Waals surface area contributed by atoms with Crippen LogP contribution in [0.25, 0.3) is 0 Å². The lowest BCUT2D eigenvalue weighted by molar-refractivity contribution is -0.132. The molecule has 0 saturated carbocycles. The number of hydrogen-bond acceptors (Lipinski definition) is 5. The van der Waals surface area contributed by atoms with Crippen molar-refractivity contribution >= 4 is 5.91 Å². The Morgan fingerprint density at radius 3 is 0.938 bits per heavy atom. The second-order valence-electron chi connectivity index (χ2n) is 20.0.